The van der Waals surface area contributed by atoms with E-state index in [9.17, 15) is 18.8 Å². The molecule has 0 bridgehead atoms. The Bertz CT molecular complexity index is 1000. The van der Waals surface area contributed by atoms with Crippen LogP contribution < -0.4 is 15.4 Å². The molecule has 31 heavy (non-hydrogen) atoms. The third kappa shape index (κ3) is 4.85. The molecule has 1 aromatic heterocycles. The van der Waals surface area contributed by atoms with Crippen molar-refractivity contribution in [2.45, 2.75) is 44.6 Å². The quantitative estimate of drug-likeness (QED) is 0.663. The summed E-state index contributed by atoms with van der Waals surface area (Å²) in [5.41, 5.74) is 0.138. The average molecular weight is 448 g/mol. The van der Waals surface area contributed by atoms with E-state index in [0.717, 1.165) is 0 Å². The van der Waals surface area contributed by atoms with Crippen molar-refractivity contribution < 1.29 is 23.5 Å². The number of carbonyl (C=O) groups is 3. The van der Waals surface area contributed by atoms with E-state index in [1.54, 1.807) is 26.0 Å². The SMILES string of the molecule is COc1ccc(C(C)(C)C(=O)NCc2cc(F)c(C3CCC(=O)NC3=O)c(Cl)c2)nc1. The van der Waals surface area contributed by atoms with Crippen molar-refractivity contribution in [1.29, 1.82) is 0 Å². The van der Waals surface area contributed by atoms with E-state index in [0.29, 0.717) is 17.0 Å². The minimum Gasteiger partial charge on any atom is -0.495 e. The molecule has 1 unspecified atom stereocenters. The van der Waals surface area contributed by atoms with Crippen molar-refractivity contribution in [3.63, 3.8) is 0 Å². The summed E-state index contributed by atoms with van der Waals surface area (Å²) in [5, 5.41) is 5.06. The molecule has 1 aromatic carbocycles. The number of hydrogen-bond acceptors (Lipinski definition) is 5. The lowest BCUT2D eigenvalue weighted by Crippen LogP contribution is -2.40. The Kier molecular flexibility index (Phi) is 6.59. The molecule has 2 aromatic rings. The largest absolute Gasteiger partial charge is 0.495 e. The molecular formula is C22H23ClFN3O4. The van der Waals surface area contributed by atoms with Gasteiger partial charge in [0.2, 0.25) is 17.7 Å². The number of halogens is 2. The van der Waals surface area contributed by atoms with Crippen LogP contribution in [0, 0.1) is 5.82 Å². The molecule has 0 spiro atoms. The number of aromatic nitrogens is 1. The molecule has 9 heteroatoms. The Morgan fingerprint density at radius 1 is 1.35 bits per heavy atom. The van der Waals surface area contributed by atoms with Gasteiger partial charge in [0.05, 0.1) is 30.3 Å². The summed E-state index contributed by atoms with van der Waals surface area (Å²) in [5.74, 6) is -2.13. The lowest BCUT2D eigenvalue weighted by molar-refractivity contribution is -0.134. The van der Waals surface area contributed by atoms with E-state index < -0.39 is 23.1 Å². The second-order valence-corrected chi connectivity index (χ2v) is 8.27. The molecule has 2 heterocycles. The molecule has 2 N–H and O–H groups in total. The highest BCUT2D eigenvalue weighted by molar-refractivity contribution is 6.31. The first-order valence-electron chi connectivity index (χ1n) is 9.73. The van der Waals surface area contributed by atoms with Crippen LogP contribution in [0.15, 0.2) is 30.5 Å². The van der Waals surface area contributed by atoms with Crippen LogP contribution in [0.4, 0.5) is 4.39 Å². The van der Waals surface area contributed by atoms with Gasteiger partial charge in [-0.25, -0.2) is 4.39 Å². The second-order valence-electron chi connectivity index (χ2n) is 7.87. The third-order valence-corrected chi connectivity index (χ3v) is 5.67. The van der Waals surface area contributed by atoms with Crippen LogP contribution in [0.25, 0.3) is 0 Å². The van der Waals surface area contributed by atoms with Crippen molar-refractivity contribution in [2.75, 3.05) is 7.11 Å². The molecule has 1 atom stereocenters. The van der Waals surface area contributed by atoms with E-state index in [1.807, 2.05) is 0 Å². The van der Waals surface area contributed by atoms with Crippen molar-refractivity contribution in [3.05, 3.63) is 58.1 Å². The highest BCUT2D eigenvalue weighted by Crippen LogP contribution is 2.33. The number of pyridine rings is 1. The number of piperidine rings is 1. The molecule has 0 saturated carbocycles. The van der Waals surface area contributed by atoms with E-state index in [4.69, 9.17) is 16.3 Å². The minimum atomic E-state index is -0.929. The predicted octanol–water partition coefficient (Wildman–Crippen LogP) is 3.00. The van der Waals surface area contributed by atoms with Gasteiger partial charge in [0, 0.05) is 23.6 Å². The summed E-state index contributed by atoms with van der Waals surface area (Å²) in [4.78, 5) is 40.4. The van der Waals surface area contributed by atoms with Gasteiger partial charge in [-0.15, -0.1) is 0 Å². The van der Waals surface area contributed by atoms with Gasteiger partial charge in [0.15, 0.2) is 0 Å². The molecule has 3 amide bonds. The molecule has 0 aliphatic carbocycles. The van der Waals surface area contributed by atoms with Gasteiger partial charge in [-0.1, -0.05) is 11.6 Å². The smallest absolute Gasteiger partial charge is 0.234 e. The van der Waals surface area contributed by atoms with Crippen molar-refractivity contribution in [1.82, 2.24) is 15.6 Å². The van der Waals surface area contributed by atoms with E-state index in [-0.39, 0.29) is 41.8 Å². The number of amides is 3. The minimum absolute atomic E-state index is 0.0463. The first-order valence-corrected chi connectivity index (χ1v) is 10.1. The van der Waals surface area contributed by atoms with Gasteiger partial charge >= 0.3 is 0 Å². The fraction of sp³-hybridized carbons (Fsp3) is 0.364. The van der Waals surface area contributed by atoms with E-state index in [2.05, 4.69) is 15.6 Å². The zero-order valence-electron chi connectivity index (χ0n) is 17.4. The summed E-state index contributed by atoms with van der Waals surface area (Å²) in [7, 11) is 1.53. The number of nitrogens with one attached hydrogen (secondary N) is 2. The first kappa shape index (κ1) is 22.7. The van der Waals surface area contributed by atoms with Crippen LogP contribution in [0.1, 0.15) is 49.4 Å². The summed E-state index contributed by atoms with van der Waals surface area (Å²) >= 11 is 6.26. The second kappa shape index (κ2) is 9.01. The Balaban J connectivity index is 1.72. The molecule has 0 radical (unpaired) electrons. The van der Waals surface area contributed by atoms with Crippen LogP contribution in [0.3, 0.4) is 0 Å². The average Bonchev–Trinajstić information content (AvgIpc) is 2.73. The number of carbonyl (C=O) groups excluding carboxylic acids is 3. The van der Waals surface area contributed by atoms with E-state index in [1.165, 1.54) is 25.4 Å². The number of imide groups is 1. The Morgan fingerprint density at radius 2 is 2.10 bits per heavy atom. The maximum absolute atomic E-state index is 14.8. The predicted molar refractivity (Wildman–Crippen MR) is 112 cm³/mol. The Labute approximate surface area is 184 Å². The molecule has 1 aliphatic rings. The zero-order valence-corrected chi connectivity index (χ0v) is 18.2. The molecular weight excluding hydrogens is 425 g/mol. The normalized spacial score (nSPS) is 16.6. The summed E-state index contributed by atoms with van der Waals surface area (Å²) < 4.78 is 19.9. The molecule has 164 valence electrons. The number of ether oxygens (including phenoxy) is 1. The fourth-order valence-electron chi connectivity index (χ4n) is 3.43. The number of benzene rings is 1. The Hall–Kier alpha value is -3.00. The zero-order chi connectivity index (χ0) is 22.8. The number of nitrogens with zero attached hydrogens (tertiary/aromatic N) is 1. The number of methoxy groups -OCH3 is 1. The maximum atomic E-state index is 14.8. The van der Waals surface area contributed by atoms with Gasteiger partial charge in [-0.2, -0.15) is 0 Å². The topological polar surface area (TPSA) is 97.4 Å². The van der Waals surface area contributed by atoms with Crippen LogP contribution in [-0.4, -0.2) is 29.8 Å². The van der Waals surface area contributed by atoms with Gasteiger partial charge in [0.1, 0.15) is 11.6 Å². The highest BCUT2D eigenvalue weighted by Gasteiger charge is 2.33. The summed E-state index contributed by atoms with van der Waals surface area (Å²) in [6, 6.07) is 6.19. The first-order chi connectivity index (χ1) is 14.6. The van der Waals surface area contributed by atoms with Gasteiger partial charge < -0.3 is 10.1 Å². The standard InChI is InChI=1S/C22H23ClFN3O4/c1-22(2,17-6-4-13(31-3)11-25-17)21(30)26-10-12-8-15(23)19(16(24)9-12)14-5-7-18(28)27-20(14)29/h4,6,8-9,11,14H,5,7,10H2,1-3H3,(H,26,30)(H,27,28,29). The van der Waals surface area contributed by atoms with Crippen LogP contribution >= 0.6 is 11.6 Å². The van der Waals surface area contributed by atoms with Crippen molar-refractivity contribution in [3.8, 4) is 5.75 Å². The lowest BCUT2D eigenvalue weighted by atomic mass is 9.87. The van der Waals surface area contributed by atoms with Gasteiger partial charge in [-0.05, 0) is 50.1 Å². The van der Waals surface area contributed by atoms with Crippen molar-refractivity contribution >= 4 is 29.3 Å². The number of hydrogen-bond donors (Lipinski definition) is 2. The van der Waals surface area contributed by atoms with Crippen LogP contribution in [0.5, 0.6) is 5.75 Å². The molecule has 1 aliphatic heterocycles. The maximum Gasteiger partial charge on any atom is 0.234 e. The highest BCUT2D eigenvalue weighted by atomic mass is 35.5. The van der Waals surface area contributed by atoms with Gasteiger partial charge in [0.25, 0.3) is 0 Å². The monoisotopic (exact) mass is 447 g/mol. The third-order valence-electron chi connectivity index (χ3n) is 5.36. The molecule has 1 saturated heterocycles. The van der Waals surface area contributed by atoms with Crippen LogP contribution in [0.2, 0.25) is 5.02 Å². The summed E-state index contributed by atoms with van der Waals surface area (Å²) in [6.45, 7) is 3.51. The molecule has 1 fully saturated rings. The van der Waals surface area contributed by atoms with E-state index >= 15 is 0 Å². The lowest BCUT2D eigenvalue weighted by Gasteiger charge is -2.24. The number of rotatable bonds is 6. The molecule has 3 rings (SSSR count). The van der Waals surface area contributed by atoms with Gasteiger partial charge in [-0.3, -0.25) is 24.7 Å². The Morgan fingerprint density at radius 3 is 2.68 bits per heavy atom. The molecule has 7 nitrogen and oxygen atoms in total. The summed E-state index contributed by atoms with van der Waals surface area (Å²) in [6.07, 6.45) is 1.85. The van der Waals surface area contributed by atoms with Crippen LogP contribution in [-0.2, 0) is 26.3 Å². The fourth-order valence-corrected chi connectivity index (χ4v) is 3.79. The van der Waals surface area contributed by atoms with Crippen molar-refractivity contribution in [2.24, 2.45) is 0 Å².